The first-order valence-corrected chi connectivity index (χ1v) is 8.46. The highest BCUT2D eigenvalue weighted by Crippen LogP contribution is 2.25. The highest BCUT2D eigenvalue weighted by atomic mass is 16.4. The molecule has 1 aromatic heterocycles. The van der Waals surface area contributed by atoms with Crippen LogP contribution in [0.15, 0.2) is 34.9 Å². The van der Waals surface area contributed by atoms with Crippen LogP contribution in [-0.2, 0) is 16.0 Å². The molecule has 2 heterocycles. The second kappa shape index (κ2) is 7.09. The normalized spacial score (nSPS) is 20.0. The van der Waals surface area contributed by atoms with Gasteiger partial charge in [0, 0.05) is 31.5 Å². The molecule has 1 aromatic carbocycles. The molecule has 0 bridgehead atoms. The number of carbonyl (C=O) groups excluding carboxylic acids is 1. The molecule has 6 nitrogen and oxygen atoms in total. The third kappa shape index (κ3) is 3.90. The highest BCUT2D eigenvalue weighted by molar-refractivity contribution is 5.79. The number of benzene rings is 1. The maximum atomic E-state index is 12.3. The molecular weight excluding hydrogens is 320 g/mol. The first-order chi connectivity index (χ1) is 11.9. The van der Waals surface area contributed by atoms with Crippen LogP contribution in [-0.4, -0.2) is 40.0 Å². The largest absolute Gasteiger partial charge is 0.481 e. The number of carboxylic acid groups (broad SMARTS) is 1. The van der Waals surface area contributed by atoms with E-state index in [1.165, 1.54) is 5.56 Å². The van der Waals surface area contributed by atoms with Crippen molar-refractivity contribution in [1.82, 2.24) is 9.88 Å². The lowest BCUT2D eigenvalue weighted by molar-refractivity contribution is -0.142. The van der Waals surface area contributed by atoms with E-state index in [0.29, 0.717) is 24.6 Å². The van der Waals surface area contributed by atoms with Gasteiger partial charge in [0.2, 0.25) is 5.91 Å². The predicted molar refractivity (Wildman–Crippen MR) is 91.9 cm³/mol. The lowest BCUT2D eigenvalue weighted by Gasteiger charge is -2.15. The standard InChI is InChI=1S/C19H22N2O4/c1-12-3-5-14(6-4-12)16-9-20-17(25-16)7-8-18(22)21-10-13(2)15(11-21)19(23)24/h3-6,9,13,15H,7-8,10-11H2,1-2H3,(H,23,24)/t13-,15-/m1/s1. The minimum atomic E-state index is -0.835. The lowest BCUT2D eigenvalue weighted by atomic mass is 9.99. The smallest absolute Gasteiger partial charge is 0.308 e. The number of oxazole rings is 1. The molecule has 1 aliphatic rings. The number of hydrogen-bond donors (Lipinski definition) is 1. The van der Waals surface area contributed by atoms with Crippen molar-refractivity contribution in [3.63, 3.8) is 0 Å². The monoisotopic (exact) mass is 342 g/mol. The third-order valence-electron chi connectivity index (χ3n) is 4.72. The summed E-state index contributed by atoms with van der Waals surface area (Å²) in [4.78, 5) is 29.3. The molecule has 132 valence electrons. The van der Waals surface area contributed by atoms with E-state index >= 15 is 0 Å². The summed E-state index contributed by atoms with van der Waals surface area (Å²) in [5.74, 6) is -0.173. The number of rotatable bonds is 5. The summed E-state index contributed by atoms with van der Waals surface area (Å²) in [7, 11) is 0. The number of amides is 1. The van der Waals surface area contributed by atoms with Gasteiger partial charge in [0.05, 0.1) is 12.1 Å². The summed E-state index contributed by atoms with van der Waals surface area (Å²) in [6.07, 6.45) is 2.35. The summed E-state index contributed by atoms with van der Waals surface area (Å²) >= 11 is 0. The predicted octanol–water partition coefficient (Wildman–Crippen LogP) is 2.76. The van der Waals surface area contributed by atoms with Crippen molar-refractivity contribution >= 4 is 11.9 Å². The molecule has 0 saturated carbocycles. The molecule has 1 aliphatic heterocycles. The van der Waals surface area contributed by atoms with Crippen LogP contribution in [0.1, 0.15) is 24.8 Å². The van der Waals surface area contributed by atoms with E-state index in [9.17, 15) is 9.59 Å². The average molecular weight is 342 g/mol. The molecule has 0 radical (unpaired) electrons. The van der Waals surface area contributed by atoms with Crippen molar-refractivity contribution in [2.75, 3.05) is 13.1 Å². The Kier molecular flexibility index (Phi) is 4.88. The zero-order chi connectivity index (χ0) is 18.0. The Morgan fingerprint density at radius 2 is 2.00 bits per heavy atom. The van der Waals surface area contributed by atoms with E-state index in [1.807, 2.05) is 38.1 Å². The molecule has 3 rings (SSSR count). The van der Waals surface area contributed by atoms with E-state index in [1.54, 1.807) is 11.1 Å². The van der Waals surface area contributed by atoms with Crippen LogP contribution in [0.2, 0.25) is 0 Å². The summed E-state index contributed by atoms with van der Waals surface area (Å²) in [6.45, 7) is 4.68. The van der Waals surface area contributed by atoms with Gasteiger partial charge in [0.1, 0.15) is 0 Å². The molecule has 0 aliphatic carbocycles. The fourth-order valence-electron chi connectivity index (χ4n) is 3.14. The zero-order valence-corrected chi connectivity index (χ0v) is 14.4. The molecule has 1 amide bonds. The molecule has 25 heavy (non-hydrogen) atoms. The lowest BCUT2D eigenvalue weighted by Crippen LogP contribution is -2.30. The number of nitrogens with zero attached hydrogens (tertiary/aromatic N) is 2. The van der Waals surface area contributed by atoms with Crippen molar-refractivity contribution < 1.29 is 19.1 Å². The molecule has 1 saturated heterocycles. The van der Waals surface area contributed by atoms with Gasteiger partial charge in [-0.15, -0.1) is 0 Å². The zero-order valence-electron chi connectivity index (χ0n) is 14.4. The van der Waals surface area contributed by atoms with Gasteiger partial charge in [-0.25, -0.2) is 4.98 Å². The third-order valence-corrected chi connectivity index (χ3v) is 4.72. The van der Waals surface area contributed by atoms with Crippen molar-refractivity contribution in [2.24, 2.45) is 11.8 Å². The summed E-state index contributed by atoms with van der Waals surface area (Å²) in [5, 5.41) is 9.16. The molecule has 1 N–H and O–H groups in total. The van der Waals surface area contributed by atoms with Crippen molar-refractivity contribution in [1.29, 1.82) is 0 Å². The maximum absolute atomic E-state index is 12.3. The Morgan fingerprint density at radius 1 is 1.28 bits per heavy atom. The number of likely N-dealkylation sites (tertiary alicyclic amines) is 1. The topological polar surface area (TPSA) is 83.6 Å². The van der Waals surface area contributed by atoms with Crippen LogP contribution in [0.4, 0.5) is 0 Å². The van der Waals surface area contributed by atoms with E-state index in [4.69, 9.17) is 9.52 Å². The SMILES string of the molecule is Cc1ccc(-c2cnc(CCC(=O)N3C[C@@H](C)[C@H](C(=O)O)C3)o2)cc1. The minimum absolute atomic E-state index is 0.0173. The first-order valence-electron chi connectivity index (χ1n) is 8.46. The number of aryl methyl sites for hydroxylation is 2. The second-order valence-corrected chi connectivity index (χ2v) is 6.71. The molecule has 0 spiro atoms. The highest BCUT2D eigenvalue weighted by Gasteiger charge is 2.36. The number of carbonyl (C=O) groups is 2. The molecular formula is C19H22N2O4. The van der Waals surface area contributed by atoms with E-state index in [-0.39, 0.29) is 24.8 Å². The Hall–Kier alpha value is -2.63. The fraction of sp³-hybridized carbons (Fsp3) is 0.421. The number of aromatic nitrogens is 1. The molecule has 6 heteroatoms. The second-order valence-electron chi connectivity index (χ2n) is 6.71. The molecule has 0 unspecified atom stereocenters. The van der Waals surface area contributed by atoms with Crippen LogP contribution >= 0.6 is 0 Å². The van der Waals surface area contributed by atoms with Gasteiger partial charge in [-0.2, -0.15) is 0 Å². The molecule has 2 aromatic rings. The van der Waals surface area contributed by atoms with Crippen molar-refractivity contribution in [2.45, 2.75) is 26.7 Å². The van der Waals surface area contributed by atoms with Gasteiger partial charge in [0.15, 0.2) is 11.7 Å². The van der Waals surface area contributed by atoms with Crippen LogP contribution < -0.4 is 0 Å². The number of hydrogen-bond acceptors (Lipinski definition) is 4. The quantitative estimate of drug-likeness (QED) is 0.903. The van der Waals surface area contributed by atoms with E-state index < -0.39 is 11.9 Å². The Balaban J connectivity index is 1.56. The van der Waals surface area contributed by atoms with Gasteiger partial charge in [-0.1, -0.05) is 36.8 Å². The summed E-state index contributed by atoms with van der Waals surface area (Å²) in [6, 6.07) is 7.97. The van der Waals surface area contributed by atoms with E-state index in [0.717, 1.165) is 5.56 Å². The maximum Gasteiger partial charge on any atom is 0.308 e. The molecule has 1 fully saturated rings. The number of carboxylic acids is 1. The van der Waals surface area contributed by atoms with E-state index in [2.05, 4.69) is 4.98 Å². The van der Waals surface area contributed by atoms with Crippen molar-refractivity contribution in [3.8, 4) is 11.3 Å². The Labute approximate surface area is 146 Å². The van der Waals surface area contributed by atoms with Gasteiger partial charge in [-0.05, 0) is 12.8 Å². The van der Waals surface area contributed by atoms with Crippen LogP contribution in [0, 0.1) is 18.8 Å². The van der Waals surface area contributed by atoms with Crippen LogP contribution in [0.5, 0.6) is 0 Å². The molecule has 2 atom stereocenters. The average Bonchev–Trinajstić information content (AvgIpc) is 3.20. The summed E-state index contributed by atoms with van der Waals surface area (Å²) in [5.41, 5.74) is 2.13. The van der Waals surface area contributed by atoms with Crippen LogP contribution in [0.25, 0.3) is 11.3 Å². The summed E-state index contributed by atoms with van der Waals surface area (Å²) < 4.78 is 5.73. The van der Waals surface area contributed by atoms with Gasteiger partial charge in [0.25, 0.3) is 0 Å². The Bertz CT molecular complexity index is 766. The fourth-order valence-corrected chi connectivity index (χ4v) is 3.14. The Morgan fingerprint density at radius 3 is 2.64 bits per heavy atom. The van der Waals surface area contributed by atoms with Gasteiger partial charge < -0.3 is 14.4 Å². The minimum Gasteiger partial charge on any atom is -0.481 e. The first kappa shape index (κ1) is 17.2. The van der Waals surface area contributed by atoms with Gasteiger partial charge >= 0.3 is 5.97 Å². The van der Waals surface area contributed by atoms with Crippen molar-refractivity contribution in [3.05, 3.63) is 41.9 Å². The van der Waals surface area contributed by atoms with Gasteiger partial charge in [-0.3, -0.25) is 9.59 Å². The van der Waals surface area contributed by atoms with Crippen LogP contribution in [0.3, 0.4) is 0 Å². The number of aliphatic carboxylic acids is 1.